The molecule has 2 rings (SSSR count). The van der Waals surface area contributed by atoms with Crippen LogP contribution >= 0.6 is 0 Å². The Morgan fingerprint density at radius 3 is 2.18 bits per heavy atom. The predicted octanol–water partition coefficient (Wildman–Crippen LogP) is 4.14. The molecule has 0 radical (unpaired) electrons. The number of carbonyl (C=O) groups excluding carboxylic acids is 2. The van der Waals surface area contributed by atoms with Crippen molar-refractivity contribution in [2.45, 2.75) is 27.2 Å². The molecule has 0 atom stereocenters. The minimum Gasteiger partial charge on any atom is -0.494 e. The van der Waals surface area contributed by atoms with Crippen molar-refractivity contribution in [2.75, 3.05) is 35.7 Å². The second-order valence-electron chi connectivity index (χ2n) is 7.08. The van der Waals surface area contributed by atoms with Gasteiger partial charge >= 0.3 is 0 Å². The fourth-order valence-electron chi connectivity index (χ4n) is 2.42. The van der Waals surface area contributed by atoms with Crippen LogP contribution in [0.2, 0.25) is 0 Å². The Morgan fingerprint density at radius 1 is 1.00 bits per heavy atom. The molecule has 0 unspecified atom stereocenters. The van der Waals surface area contributed by atoms with Crippen molar-refractivity contribution in [3.05, 3.63) is 48.5 Å². The minimum absolute atomic E-state index is 0.0311. The van der Waals surface area contributed by atoms with E-state index in [1.807, 2.05) is 48.5 Å². The van der Waals surface area contributed by atoms with Crippen molar-refractivity contribution in [1.82, 2.24) is 0 Å². The predicted molar refractivity (Wildman–Crippen MR) is 114 cm³/mol. The highest BCUT2D eigenvalue weighted by Gasteiger charge is 2.06. The van der Waals surface area contributed by atoms with Crippen molar-refractivity contribution in [3.63, 3.8) is 0 Å². The van der Waals surface area contributed by atoms with E-state index in [4.69, 9.17) is 4.74 Å². The molecule has 0 aliphatic heterocycles. The van der Waals surface area contributed by atoms with E-state index in [1.165, 1.54) is 6.92 Å². The van der Waals surface area contributed by atoms with Gasteiger partial charge in [0, 0.05) is 31.0 Å². The van der Waals surface area contributed by atoms with Gasteiger partial charge in [0.1, 0.15) is 5.75 Å². The molecule has 0 fully saturated rings. The lowest BCUT2D eigenvalue weighted by molar-refractivity contribution is -0.116. The Balaban J connectivity index is 1.78. The highest BCUT2D eigenvalue weighted by Crippen LogP contribution is 2.18. The zero-order valence-corrected chi connectivity index (χ0v) is 17.0. The zero-order valence-electron chi connectivity index (χ0n) is 17.0. The smallest absolute Gasteiger partial charge is 0.243 e. The largest absolute Gasteiger partial charge is 0.494 e. The Bertz CT molecular complexity index is 771. The molecular weight excluding hydrogens is 354 g/mol. The van der Waals surface area contributed by atoms with E-state index in [1.54, 1.807) is 11.9 Å². The molecule has 0 heterocycles. The van der Waals surface area contributed by atoms with Crippen molar-refractivity contribution < 1.29 is 14.3 Å². The lowest BCUT2D eigenvalue weighted by atomic mass is 10.1. The van der Waals surface area contributed by atoms with Gasteiger partial charge in [-0.3, -0.25) is 9.59 Å². The average molecular weight is 383 g/mol. The Kier molecular flexibility index (Phi) is 7.87. The van der Waals surface area contributed by atoms with Crippen LogP contribution in [0.1, 0.15) is 27.2 Å². The van der Waals surface area contributed by atoms with Gasteiger partial charge in [0.25, 0.3) is 0 Å². The highest BCUT2D eigenvalue weighted by atomic mass is 16.5. The number of hydrogen-bond acceptors (Lipinski definition) is 4. The van der Waals surface area contributed by atoms with E-state index in [-0.39, 0.29) is 18.4 Å². The first-order valence-corrected chi connectivity index (χ1v) is 9.46. The molecule has 2 aromatic carbocycles. The number of amides is 2. The molecule has 2 N–H and O–H groups in total. The van der Waals surface area contributed by atoms with Crippen LogP contribution in [0.15, 0.2) is 48.5 Å². The Labute approximate surface area is 166 Å². The van der Waals surface area contributed by atoms with Crippen LogP contribution in [0.5, 0.6) is 5.75 Å². The Morgan fingerprint density at radius 2 is 1.61 bits per heavy atom. The van der Waals surface area contributed by atoms with E-state index in [2.05, 4.69) is 24.5 Å². The zero-order chi connectivity index (χ0) is 20.5. The molecule has 0 saturated carbocycles. The summed E-state index contributed by atoms with van der Waals surface area (Å²) in [5, 5.41) is 5.92. The SMILES string of the molecule is CC(=O)N(C)c1ccc(NCC(=O)Nc2ccc(OCCC(C)C)cc2)cc1. The molecule has 6 heteroatoms. The summed E-state index contributed by atoms with van der Waals surface area (Å²) >= 11 is 0. The van der Waals surface area contributed by atoms with Gasteiger partial charge in [0.05, 0.1) is 13.2 Å². The maximum Gasteiger partial charge on any atom is 0.243 e. The number of nitrogens with zero attached hydrogens (tertiary/aromatic N) is 1. The molecule has 2 amide bonds. The summed E-state index contributed by atoms with van der Waals surface area (Å²) in [4.78, 5) is 25.1. The second-order valence-corrected chi connectivity index (χ2v) is 7.08. The molecule has 150 valence electrons. The molecule has 0 saturated heterocycles. The number of rotatable bonds is 9. The van der Waals surface area contributed by atoms with Gasteiger partial charge in [-0.05, 0) is 60.9 Å². The van der Waals surface area contributed by atoms with Crippen LogP contribution in [0, 0.1) is 5.92 Å². The average Bonchev–Trinajstić information content (AvgIpc) is 2.67. The second kappa shape index (κ2) is 10.3. The summed E-state index contributed by atoms with van der Waals surface area (Å²) in [6.45, 7) is 6.67. The van der Waals surface area contributed by atoms with Crippen LogP contribution in [0.25, 0.3) is 0 Å². The summed E-state index contributed by atoms with van der Waals surface area (Å²) in [6, 6.07) is 14.7. The van der Waals surface area contributed by atoms with Crippen LogP contribution in [-0.4, -0.2) is 32.0 Å². The van der Waals surface area contributed by atoms with Crippen LogP contribution < -0.4 is 20.3 Å². The van der Waals surface area contributed by atoms with Crippen molar-refractivity contribution in [2.24, 2.45) is 5.92 Å². The van der Waals surface area contributed by atoms with Gasteiger partial charge in [-0.2, -0.15) is 0 Å². The molecule has 6 nitrogen and oxygen atoms in total. The maximum absolute atomic E-state index is 12.1. The van der Waals surface area contributed by atoms with Crippen molar-refractivity contribution in [3.8, 4) is 5.75 Å². The van der Waals surface area contributed by atoms with Gasteiger partial charge in [0.15, 0.2) is 0 Å². The number of nitrogens with one attached hydrogen (secondary N) is 2. The molecule has 0 spiro atoms. The molecule has 28 heavy (non-hydrogen) atoms. The normalized spacial score (nSPS) is 10.5. The van der Waals surface area contributed by atoms with Gasteiger partial charge in [-0.1, -0.05) is 13.8 Å². The molecule has 0 aliphatic carbocycles. The van der Waals surface area contributed by atoms with Crippen LogP contribution in [-0.2, 0) is 9.59 Å². The summed E-state index contributed by atoms with van der Waals surface area (Å²) in [6.07, 6.45) is 1.01. The number of anilines is 3. The van der Waals surface area contributed by atoms with Gasteiger partial charge < -0.3 is 20.3 Å². The molecule has 0 bridgehead atoms. The molecular formula is C22H29N3O3. The van der Waals surface area contributed by atoms with Crippen LogP contribution in [0.4, 0.5) is 17.1 Å². The summed E-state index contributed by atoms with van der Waals surface area (Å²) < 4.78 is 5.67. The highest BCUT2D eigenvalue weighted by molar-refractivity contribution is 5.94. The molecule has 2 aromatic rings. The minimum atomic E-state index is -0.140. The van der Waals surface area contributed by atoms with E-state index >= 15 is 0 Å². The van der Waals surface area contributed by atoms with E-state index in [0.29, 0.717) is 12.5 Å². The summed E-state index contributed by atoms with van der Waals surface area (Å²) in [5.41, 5.74) is 2.34. The number of carbonyl (C=O) groups is 2. The molecule has 0 aromatic heterocycles. The maximum atomic E-state index is 12.1. The van der Waals surface area contributed by atoms with Gasteiger partial charge in [0.2, 0.25) is 11.8 Å². The fourth-order valence-corrected chi connectivity index (χ4v) is 2.42. The quantitative estimate of drug-likeness (QED) is 0.683. The first-order chi connectivity index (χ1) is 13.3. The van der Waals surface area contributed by atoms with Gasteiger partial charge in [-0.25, -0.2) is 0 Å². The summed E-state index contributed by atoms with van der Waals surface area (Å²) in [7, 11) is 1.72. The van der Waals surface area contributed by atoms with E-state index in [0.717, 1.165) is 29.2 Å². The monoisotopic (exact) mass is 383 g/mol. The fraction of sp³-hybridized carbons (Fsp3) is 0.364. The lowest BCUT2D eigenvalue weighted by Gasteiger charge is -2.15. The van der Waals surface area contributed by atoms with E-state index < -0.39 is 0 Å². The number of hydrogen-bond donors (Lipinski definition) is 2. The van der Waals surface area contributed by atoms with Crippen LogP contribution in [0.3, 0.4) is 0 Å². The third kappa shape index (κ3) is 6.95. The Hall–Kier alpha value is -3.02. The van der Waals surface area contributed by atoms with E-state index in [9.17, 15) is 9.59 Å². The van der Waals surface area contributed by atoms with Crippen molar-refractivity contribution in [1.29, 1.82) is 0 Å². The first kappa shape index (κ1) is 21.3. The summed E-state index contributed by atoms with van der Waals surface area (Å²) in [5.74, 6) is 1.24. The third-order valence-electron chi connectivity index (χ3n) is 4.28. The first-order valence-electron chi connectivity index (χ1n) is 9.46. The van der Waals surface area contributed by atoms with Crippen molar-refractivity contribution >= 4 is 28.9 Å². The number of ether oxygens (including phenoxy) is 1. The number of benzene rings is 2. The third-order valence-corrected chi connectivity index (χ3v) is 4.28. The molecule has 0 aliphatic rings. The standard InChI is InChI=1S/C22H29N3O3/c1-16(2)13-14-28-21-11-7-19(8-12-21)24-22(27)15-23-18-5-9-20(10-6-18)25(4)17(3)26/h5-12,16,23H,13-15H2,1-4H3,(H,24,27). The van der Waals surface area contributed by atoms with Gasteiger partial charge in [-0.15, -0.1) is 0 Å². The lowest BCUT2D eigenvalue weighted by Crippen LogP contribution is -2.23. The topological polar surface area (TPSA) is 70.7 Å².